The number of hydroxylamine groups is 2. The van der Waals surface area contributed by atoms with E-state index in [-0.39, 0.29) is 24.7 Å². The Morgan fingerprint density at radius 3 is 1.36 bits per heavy atom. The molecule has 0 aliphatic carbocycles. The third-order valence-electron chi connectivity index (χ3n) is 8.27. The molecule has 1 aromatic heterocycles. The molecule has 0 aliphatic heterocycles. The van der Waals surface area contributed by atoms with E-state index in [1.807, 2.05) is 41.5 Å². The van der Waals surface area contributed by atoms with Crippen LogP contribution in [0.1, 0.15) is 101 Å². The lowest BCUT2D eigenvalue weighted by atomic mass is 9.93. The lowest BCUT2D eigenvalue weighted by Crippen LogP contribution is -2.55. The van der Waals surface area contributed by atoms with Gasteiger partial charge in [-0.25, -0.2) is 0 Å². The number of aromatic amines is 1. The highest BCUT2D eigenvalue weighted by Gasteiger charge is 2.38. The number of benzene rings is 2. The molecule has 2 aromatic carbocycles. The Labute approximate surface area is 323 Å². The molecule has 3 aromatic rings. The molecule has 0 spiro atoms. The number of rotatable bonds is 20. The molecule has 55 heavy (non-hydrogen) atoms. The van der Waals surface area contributed by atoms with E-state index in [4.69, 9.17) is 9.68 Å². The van der Waals surface area contributed by atoms with Crippen LogP contribution in [0.4, 0.5) is 0 Å². The van der Waals surface area contributed by atoms with Gasteiger partial charge in [0.1, 0.15) is 17.8 Å². The van der Waals surface area contributed by atoms with Gasteiger partial charge in [-0.1, -0.05) is 88.4 Å². The van der Waals surface area contributed by atoms with E-state index in [0.29, 0.717) is 11.1 Å². The minimum absolute atomic E-state index is 0.0443. The van der Waals surface area contributed by atoms with Gasteiger partial charge in [0.15, 0.2) is 0 Å². The average molecular weight is 761 g/mol. The monoisotopic (exact) mass is 760 g/mol. The zero-order valence-corrected chi connectivity index (χ0v) is 33.4. The molecule has 2 amide bonds. The summed E-state index contributed by atoms with van der Waals surface area (Å²) in [7, 11) is 0. The van der Waals surface area contributed by atoms with Crippen LogP contribution in [0, 0.1) is 11.8 Å². The predicted octanol–water partition coefficient (Wildman–Crippen LogP) is 4.06. The number of carbonyl (C=O) groups excluding carboxylic acids is 6. The molecule has 0 radical (unpaired) electrons. The molecule has 1 heterocycles. The normalized spacial score (nSPS) is 14.2. The van der Waals surface area contributed by atoms with Gasteiger partial charge in [0.25, 0.3) is 0 Å². The molecule has 0 unspecified atom stereocenters. The van der Waals surface area contributed by atoms with Crippen molar-refractivity contribution in [1.82, 2.24) is 31.8 Å². The smallest absolute Gasteiger partial charge is 0.249 e. The quantitative estimate of drug-likeness (QED) is 0.0633. The molecular weight excluding hydrogens is 704 g/mol. The molecule has 3 rings (SSSR count). The van der Waals surface area contributed by atoms with Gasteiger partial charge in [-0.05, 0) is 64.5 Å². The zero-order valence-electron chi connectivity index (χ0n) is 33.4. The van der Waals surface area contributed by atoms with E-state index in [9.17, 15) is 28.8 Å². The fourth-order valence-corrected chi connectivity index (χ4v) is 5.31. The maximum Gasteiger partial charge on any atom is 0.249 e. The van der Waals surface area contributed by atoms with Crippen LogP contribution < -0.4 is 21.6 Å². The van der Waals surface area contributed by atoms with Crippen LogP contribution in [0.15, 0.2) is 66.9 Å². The lowest BCUT2D eigenvalue weighted by molar-refractivity contribution is -0.140. The summed E-state index contributed by atoms with van der Waals surface area (Å²) in [5.74, 6) is -6.08. The maximum absolute atomic E-state index is 14.0. The van der Waals surface area contributed by atoms with Crippen molar-refractivity contribution in [3.63, 3.8) is 0 Å². The van der Waals surface area contributed by atoms with Crippen molar-refractivity contribution in [2.24, 2.45) is 11.8 Å². The third kappa shape index (κ3) is 13.7. The number of hydrogen-bond donors (Lipinski definition) is 5. The zero-order chi connectivity index (χ0) is 41.1. The summed E-state index contributed by atoms with van der Waals surface area (Å²) in [5.41, 5.74) is 4.67. The first-order valence-corrected chi connectivity index (χ1v) is 18.4. The lowest BCUT2D eigenvalue weighted by Gasteiger charge is -2.28. The largest absolute Gasteiger partial charge is 0.344 e. The molecule has 0 fully saturated rings. The highest BCUT2D eigenvalue weighted by Crippen LogP contribution is 2.16. The third-order valence-corrected chi connectivity index (χ3v) is 8.27. The molecule has 5 N–H and O–H groups in total. The van der Waals surface area contributed by atoms with E-state index >= 15 is 0 Å². The second-order valence-electron chi connectivity index (χ2n) is 16.2. The molecule has 0 saturated carbocycles. The van der Waals surface area contributed by atoms with Crippen LogP contribution in [-0.4, -0.2) is 80.5 Å². The van der Waals surface area contributed by atoms with E-state index < -0.39 is 81.6 Å². The summed E-state index contributed by atoms with van der Waals surface area (Å²) >= 11 is 0. The highest BCUT2D eigenvalue weighted by atomic mass is 16.7. The summed E-state index contributed by atoms with van der Waals surface area (Å²) in [5, 5.41) is 11.7. The summed E-state index contributed by atoms with van der Waals surface area (Å²) < 4.78 is 0. The first-order chi connectivity index (χ1) is 25.7. The van der Waals surface area contributed by atoms with Crippen molar-refractivity contribution in [2.45, 2.75) is 117 Å². The van der Waals surface area contributed by atoms with Crippen LogP contribution in [0.3, 0.4) is 0 Å². The van der Waals surface area contributed by atoms with Crippen molar-refractivity contribution in [2.75, 3.05) is 0 Å². The van der Waals surface area contributed by atoms with E-state index in [1.54, 1.807) is 88.4 Å². The molecule has 0 saturated heterocycles. The predicted molar refractivity (Wildman–Crippen MR) is 207 cm³/mol. The number of nitrogens with one attached hydrogen (secondary N) is 5. The molecule has 4 atom stereocenters. The Balaban J connectivity index is 1.93. The van der Waals surface area contributed by atoms with Crippen LogP contribution in [-0.2, 0) is 41.7 Å². The molecule has 0 bridgehead atoms. The van der Waals surface area contributed by atoms with E-state index in [0.717, 1.165) is 6.20 Å². The number of hydrogen-bond acceptors (Lipinski definition) is 11. The first-order valence-electron chi connectivity index (χ1n) is 18.4. The second-order valence-corrected chi connectivity index (χ2v) is 16.2. The fraction of sp³-hybridized carbons (Fsp3) is 0.488. The number of nitrogens with zero attached hydrogens (tertiary/aromatic N) is 1. The summed E-state index contributed by atoms with van der Waals surface area (Å²) in [6.07, 6.45) is 0.899. The Kier molecular flexibility index (Phi) is 15.9. The summed E-state index contributed by atoms with van der Waals surface area (Å²) in [6.45, 7) is 18.1. The standard InChI is InChI=1S/C41H56N6O8/c1-24(2)31(46-54-40(5,6)7)38(52)43-29(21-26-17-13-11-14-18-26)35(49)34(48)28-23-42-45-33(28)37(51)36(50)30(22-27-19-15-12-16-20-27)44-39(53)32(25(3)4)47-55-41(8,9)10/h11-20,23-25,29-32,46-47H,21-22H2,1-10H3,(H,42,45)(H,43,52)(H,44,53)/t29-,30-,31-,32-/m0/s1. The Morgan fingerprint density at radius 2 is 1.00 bits per heavy atom. The Hall–Kier alpha value is -4.89. The van der Waals surface area contributed by atoms with Crippen molar-refractivity contribution >= 4 is 34.9 Å². The minimum Gasteiger partial charge on any atom is -0.344 e. The van der Waals surface area contributed by atoms with Gasteiger partial charge in [-0.2, -0.15) is 16.1 Å². The molecule has 0 aliphatic rings. The van der Waals surface area contributed by atoms with Crippen molar-refractivity contribution < 1.29 is 38.4 Å². The summed E-state index contributed by atoms with van der Waals surface area (Å²) in [4.78, 5) is 94.3. The van der Waals surface area contributed by atoms with Crippen molar-refractivity contribution in [1.29, 1.82) is 0 Å². The van der Waals surface area contributed by atoms with Gasteiger partial charge in [-0.15, -0.1) is 0 Å². The SMILES string of the molecule is CC(C)[C@H](NOC(C)(C)C)C(=O)N[C@@H](Cc1ccccc1)C(=O)C(=O)c1cn[nH]c1C(=O)C(=O)[C@H](Cc1ccccc1)NC(=O)[C@@H](NOC(C)(C)C)C(C)C. The topological polar surface area (TPSA) is 198 Å². The maximum atomic E-state index is 14.0. The van der Waals surface area contributed by atoms with Crippen molar-refractivity contribution in [3.05, 3.63) is 89.2 Å². The molecular formula is C41H56N6O8. The minimum atomic E-state index is -1.36. The average Bonchev–Trinajstić information content (AvgIpc) is 3.59. The van der Waals surface area contributed by atoms with Gasteiger partial charge in [0.2, 0.25) is 34.9 Å². The number of H-pyrrole nitrogens is 1. The van der Waals surface area contributed by atoms with Crippen molar-refractivity contribution in [3.8, 4) is 0 Å². The molecule has 14 heteroatoms. The highest BCUT2D eigenvalue weighted by molar-refractivity contribution is 6.51. The van der Waals surface area contributed by atoms with Gasteiger partial charge in [-0.3, -0.25) is 43.5 Å². The summed E-state index contributed by atoms with van der Waals surface area (Å²) in [6, 6.07) is 13.1. The van der Waals surface area contributed by atoms with Crippen LogP contribution in [0.5, 0.6) is 0 Å². The Morgan fingerprint density at radius 1 is 0.618 bits per heavy atom. The van der Waals surface area contributed by atoms with E-state index in [2.05, 4.69) is 31.8 Å². The Bertz CT molecular complexity index is 1650. The van der Waals surface area contributed by atoms with Gasteiger partial charge in [0, 0.05) is 12.8 Å². The van der Waals surface area contributed by atoms with E-state index in [1.165, 1.54) is 0 Å². The number of Topliss-reactive ketones (excluding diaryl/α,β-unsaturated/α-hetero) is 4. The van der Waals surface area contributed by atoms with Gasteiger partial charge < -0.3 is 10.6 Å². The van der Waals surface area contributed by atoms with Crippen LogP contribution in [0.2, 0.25) is 0 Å². The fourth-order valence-electron chi connectivity index (χ4n) is 5.31. The molecule has 14 nitrogen and oxygen atoms in total. The number of ketones is 4. The second kappa shape index (κ2) is 19.6. The van der Waals surface area contributed by atoms with Gasteiger partial charge >= 0.3 is 0 Å². The van der Waals surface area contributed by atoms with Gasteiger partial charge in [0.05, 0.1) is 35.0 Å². The number of amides is 2. The number of carbonyl (C=O) groups is 6. The van der Waals surface area contributed by atoms with Crippen LogP contribution >= 0.6 is 0 Å². The van der Waals surface area contributed by atoms with Crippen LogP contribution in [0.25, 0.3) is 0 Å². The number of aromatic nitrogens is 2. The first kappa shape index (κ1) is 44.5. The molecule has 298 valence electrons.